The summed E-state index contributed by atoms with van der Waals surface area (Å²) in [7, 11) is 0. The van der Waals surface area contributed by atoms with Gasteiger partial charge in [-0.2, -0.15) is 9.61 Å². The van der Waals surface area contributed by atoms with E-state index in [0.717, 1.165) is 43.0 Å². The Hall–Kier alpha value is -2.67. The van der Waals surface area contributed by atoms with Crippen molar-refractivity contribution in [3.8, 4) is 0 Å². The van der Waals surface area contributed by atoms with E-state index in [2.05, 4.69) is 15.7 Å². The van der Waals surface area contributed by atoms with Gasteiger partial charge in [0.05, 0.1) is 6.20 Å². The number of halogens is 1. The molecule has 0 saturated heterocycles. The van der Waals surface area contributed by atoms with Crippen molar-refractivity contribution in [1.82, 2.24) is 14.6 Å². The van der Waals surface area contributed by atoms with Crippen LogP contribution in [0.4, 0.5) is 21.7 Å². The van der Waals surface area contributed by atoms with Crippen LogP contribution in [0.5, 0.6) is 0 Å². The van der Waals surface area contributed by atoms with E-state index in [1.165, 1.54) is 30.5 Å². The molecule has 2 aliphatic rings. The Labute approximate surface area is 163 Å². The van der Waals surface area contributed by atoms with Crippen LogP contribution in [0.2, 0.25) is 0 Å². The molecule has 0 radical (unpaired) electrons. The Kier molecular flexibility index (Phi) is 4.39. The topological polar surface area (TPSA) is 80.3 Å². The summed E-state index contributed by atoms with van der Waals surface area (Å²) in [5.74, 6) is 1.88. The normalized spacial score (nSPS) is 22.4. The van der Waals surface area contributed by atoms with Gasteiger partial charge in [-0.15, -0.1) is 0 Å². The van der Waals surface area contributed by atoms with Crippen LogP contribution in [0.15, 0.2) is 36.5 Å². The predicted octanol–water partition coefficient (Wildman–Crippen LogP) is 4.17. The van der Waals surface area contributed by atoms with Crippen LogP contribution in [0, 0.1) is 5.82 Å². The standard InChI is InChI=1S/C21H25FN6/c22-14-2-1-3-17(10-14)26-20-11-19(25-16-8-6-15(23)7-9-16)27-21-18(13-4-5-13)12-24-28(20)21/h1-3,10-13,15-16,26H,4-9,23H2,(H,25,27)/t15-,16+. The highest BCUT2D eigenvalue weighted by molar-refractivity contribution is 5.66. The quantitative estimate of drug-likeness (QED) is 0.619. The summed E-state index contributed by atoms with van der Waals surface area (Å²) in [6.07, 6.45) is 8.47. The number of hydrogen-bond acceptors (Lipinski definition) is 5. The van der Waals surface area contributed by atoms with E-state index >= 15 is 0 Å². The van der Waals surface area contributed by atoms with E-state index in [-0.39, 0.29) is 5.82 Å². The fourth-order valence-electron chi connectivity index (χ4n) is 4.01. The molecule has 0 aliphatic heterocycles. The minimum atomic E-state index is -0.272. The second kappa shape index (κ2) is 7.05. The zero-order valence-corrected chi connectivity index (χ0v) is 15.7. The van der Waals surface area contributed by atoms with E-state index in [9.17, 15) is 4.39 Å². The summed E-state index contributed by atoms with van der Waals surface area (Å²) < 4.78 is 15.4. The maximum absolute atomic E-state index is 13.6. The Morgan fingerprint density at radius 3 is 2.64 bits per heavy atom. The number of benzene rings is 1. The molecule has 2 saturated carbocycles. The molecule has 1 aromatic carbocycles. The van der Waals surface area contributed by atoms with Crippen molar-refractivity contribution in [2.24, 2.45) is 5.73 Å². The van der Waals surface area contributed by atoms with Crippen LogP contribution < -0.4 is 16.4 Å². The molecular weight excluding hydrogens is 355 g/mol. The molecule has 7 heteroatoms. The molecule has 4 N–H and O–H groups in total. The Bertz CT molecular complexity index is 988. The van der Waals surface area contributed by atoms with Crippen molar-refractivity contribution >= 4 is 23.0 Å². The summed E-state index contributed by atoms with van der Waals surface area (Å²) in [5, 5.41) is 11.4. The number of nitrogens with two attached hydrogens (primary N) is 1. The second-order valence-electron chi connectivity index (χ2n) is 8.03. The first kappa shape index (κ1) is 17.4. The van der Waals surface area contributed by atoms with Crippen LogP contribution in [-0.2, 0) is 0 Å². The molecule has 0 spiro atoms. The number of aromatic nitrogens is 3. The molecule has 0 bridgehead atoms. The molecule has 2 aliphatic carbocycles. The molecule has 0 unspecified atom stereocenters. The fraction of sp³-hybridized carbons (Fsp3) is 0.429. The largest absolute Gasteiger partial charge is 0.367 e. The Morgan fingerprint density at radius 1 is 1.07 bits per heavy atom. The number of fused-ring (bicyclic) bond motifs is 1. The van der Waals surface area contributed by atoms with E-state index in [0.29, 0.717) is 23.7 Å². The summed E-state index contributed by atoms with van der Waals surface area (Å²) in [4.78, 5) is 4.87. The molecule has 2 aromatic heterocycles. The van der Waals surface area contributed by atoms with Gasteiger partial charge in [-0.25, -0.2) is 9.37 Å². The van der Waals surface area contributed by atoms with Crippen molar-refractivity contribution < 1.29 is 4.39 Å². The zero-order chi connectivity index (χ0) is 19.1. The van der Waals surface area contributed by atoms with E-state index < -0.39 is 0 Å². The molecule has 2 heterocycles. The van der Waals surface area contributed by atoms with Gasteiger partial charge in [0.15, 0.2) is 5.65 Å². The summed E-state index contributed by atoms with van der Waals surface area (Å²) >= 11 is 0. The smallest absolute Gasteiger partial charge is 0.163 e. The van der Waals surface area contributed by atoms with Gasteiger partial charge >= 0.3 is 0 Å². The molecule has 0 atom stereocenters. The van der Waals surface area contributed by atoms with Gasteiger partial charge in [0, 0.05) is 29.4 Å². The van der Waals surface area contributed by atoms with Gasteiger partial charge in [-0.3, -0.25) is 0 Å². The molecule has 0 amide bonds. The van der Waals surface area contributed by atoms with Crippen LogP contribution >= 0.6 is 0 Å². The lowest BCUT2D eigenvalue weighted by Gasteiger charge is -2.27. The van der Waals surface area contributed by atoms with Gasteiger partial charge in [0.2, 0.25) is 0 Å². The van der Waals surface area contributed by atoms with E-state index in [1.54, 1.807) is 6.07 Å². The highest BCUT2D eigenvalue weighted by Gasteiger charge is 2.28. The highest BCUT2D eigenvalue weighted by Crippen LogP contribution is 2.42. The molecular formula is C21H25FN6. The van der Waals surface area contributed by atoms with Crippen LogP contribution in [0.25, 0.3) is 5.65 Å². The average Bonchev–Trinajstić information content (AvgIpc) is 3.43. The van der Waals surface area contributed by atoms with Crippen LogP contribution in [-0.4, -0.2) is 26.7 Å². The number of hydrogen-bond donors (Lipinski definition) is 3. The highest BCUT2D eigenvalue weighted by atomic mass is 19.1. The maximum Gasteiger partial charge on any atom is 0.163 e. The predicted molar refractivity (Wildman–Crippen MR) is 108 cm³/mol. The monoisotopic (exact) mass is 380 g/mol. The Balaban J connectivity index is 1.50. The van der Waals surface area contributed by atoms with Gasteiger partial charge in [-0.05, 0) is 62.6 Å². The third-order valence-corrected chi connectivity index (χ3v) is 5.74. The lowest BCUT2D eigenvalue weighted by Crippen LogP contribution is -2.33. The zero-order valence-electron chi connectivity index (χ0n) is 15.7. The minimum Gasteiger partial charge on any atom is -0.367 e. The van der Waals surface area contributed by atoms with Gasteiger partial charge in [0.1, 0.15) is 17.5 Å². The summed E-state index contributed by atoms with van der Waals surface area (Å²) in [6, 6.07) is 9.10. The first-order chi connectivity index (χ1) is 13.7. The first-order valence-electron chi connectivity index (χ1n) is 10.1. The van der Waals surface area contributed by atoms with Crippen molar-refractivity contribution in [3.63, 3.8) is 0 Å². The summed E-state index contributed by atoms with van der Waals surface area (Å²) in [6.45, 7) is 0. The number of nitrogens with one attached hydrogen (secondary N) is 2. The van der Waals surface area contributed by atoms with Gasteiger partial charge < -0.3 is 16.4 Å². The van der Waals surface area contributed by atoms with Crippen molar-refractivity contribution in [1.29, 1.82) is 0 Å². The molecule has 5 rings (SSSR count). The third kappa shape index (κ3) is 3.54. The van der Waals surface area contributed by atoms with E-state index in [4.69, 9.17) is 10.7 Å². The lowest BCUT2D eigenvalue weighted by atomic mass is 9.92. The number of rotatable bonds is 5. The van der Waals surface area contributed by atoms with Crippen molar-refractivity contribution in [2.75, 3.05) is 10.6 Å². The molecule has 3 aromatic rings. The van der Waals surface area contributed by atoms with Gasteiger partial charge in [-0.1, -0.05) is 6.07 Å². The van der Waals surface area contributed by atoms with Crippen LogP contribution in [0.1, 0.15) is 50.0 Å². The molecule has 6 nitrogen and oxygen atoms in total. The number of nitrogens with zero attached hydrogens (tertiary/aromatic N) is 3. The molecule has 2 fully saturated rings. The van der Waals surface area contributed by atoms with Crippen molar-refractivity contribution in [3.05, 3.63) is 47.9 Å². The minimum absolute atomic E-state index is 0.272. The maximum atomic E-state index is 13.6. The Morgan fingerprint density at radius 2 is 1.89 bits per heavy atom. The molecule has 28 heavy (non-hydrogen) atoms. The SMILES string of the molecule is N[C@H]1CC[C@@H](Nc2cc(Nc3cccc(F)c3)n3ncc(C4CC4)c3n2)CC1. The van der Waals surface area contributed by atoms with Gasteiger partial charge in [0.25, 0.3) is 0 Å². The third-order valence-electron chi connectivity index (χ3n) is 5.74. The first-order valence-corrected chi connectivity index (χ1v) is 10.1. The number of anilines is 3. The van der Waals surface area contributed by atoms with E-state index in [1.807, 2.05) is 22.8 Å². The van der Waals surface area contributed by atoms with Crippen molar-refractivity contribution in [2.45, 2.75) is 56.5 Å². The van der Waals surface area contributed by atoms with Crippen LogP contribution in [0.3, 0.4) is 0 Å². The second-order valence-corrected chi connectivity index (χ2v) is 8.03. The summed E-state index contributed by atoms with van der Waals surface area (Å²) in [5.41, 5.74) is 8.79. The average molecular weight is 380 g/mol. The fourth-order valence-corrected chi connectivity index (χ4v) is 4.01. The molecule has 146 valence electrons. The lowest BCUT2D eigenvalue weighted by molar-refractivity contribution is 0.410.